The van der Waals surface area contributed by atoms with Crippen molar-refractivity contribution in [1.29, 1.82) is 0 Å². The molecule has 0 amide bonds. The molecule has 1 aromatic rings. The Morgan fingerprint density at radius 2 is 2.38 bits per heavy atom. The standard InChI is InChI=1S/C10H17N3/c1-2-4-8-9(7-11)12-13-6-3-5-10(8)13/h2-7,11H2,1H3. The second-order valence-electron chi connectivity index (χ2n) is 3.65. The summed E-state index contributed by atoms with van der Waals surface area (Å²) in [6.07, 6.45) is 4.78. The van der Waals surface area contributed by atoms with Crippen molar-refractivity contribution in [3.8, 4) is 0 Å². The number of rotatable bonds is 3. The van der Waals surface area contributed by atoms with Crippen LogP contribution in [0.2, 0.25) is 0 Å². The molecule has 2 N–H and O–H groups in total. The summed E-state index contributed by atoms with van der Waals surface area (Å²) in [5.41, 5.74) is 9.67. The van der Waals surface area contributed by atoms with E-state index in [-0.39, 0.29) is 0 Å². The van der Waals surface area contributed by atoms with Gasteiger partial charge in [0.05, 0.1) is 5.69 Å². The van der Waals surface area contributed by atoms with Crippen molar-refractivity contribution in [1.82, 2.24) is 9.78 Å². The number of aromatic nitrogens is 2. The molecule has 13 heavy (non-hydrogen) atoms. The van der Waals surface area contributed by atoms with E-state index in [0.29, 0.717) is 6.54 Å². The van der Waals surface area contributed by atoms with Crippen molar-refractivity contribution in [2.24, 2.45) is 5.73 Å². The van der Waals surface area contributed by atoms with Crippen LogP contribution >= 0.6 is 0 Å². The SMILES string of the molecule is CCCc1c(CN)nn2c1CCC2. The van der Waals surface area contributed by atoms with Gasteiger partial charge in [-0.25, -0.2) is 0 Å². The van der Waals surface area contributed by atoms with Crippen LogP contribution in [-0.4, -0.2) is 9.78 Å². The van der Waals surface area contributed by atoms with Crippen LogP contribution in [0.25, 0.3) is 0 Å². The van der Waals surface area contributed by atoms with E-state index in [2.05, 4.69) is 16.7 Å². The van der Waals surface area contributed by atoms with Gasteiger partial charge in [-0.2, -0.15) is 5.10 Å². The van der Waals surface area contributed by atoms with Crippen LogP contribution in [0.4, 0.5) is 0 Å². The summed E-state index contributed by atoms with van der Waals surface area (Å²) in [6.45, 7) is 3.89. The summed E-state index contributed by atoms with van der Waals surface area (Å²) in [5.74, 6) is 0. The number of fused-ring (bicyclic) bond motifs is 1. The Morgan fingerprint density at radius 1 is 1.54 bits per heavy atom. The predicted molar refractivity (Wildman–Crippen MR) is 52.4 cm³/mol. The molecule has 0 fully saturated rings. The second-order valence-corrected chi connectivity index (χ2v) is 3.65. The number of aryl methyl sites for hydroxylation is 1. The van der Waals surface area contributed by atoms with E-state index in [0.717, 1.165) is 18.7 Å². The topological polar surface area (TPSA) is 43.8 Å². The fourth-order valence-electron chi connectivity index (χ4n) is 2.15. The van der Waals surface area contributed by atoms with Crippen molar-refractivity contribution >= 4 is 0 Å². The minimum Gasteiger partial charge on any atom is -0.325 e. The molecular weight excluding hydrogens is 162 g/mol. The normalized spacial score (nSPS) is 14.9. The van der Waals surface area contributed by atoms with Crippen molar-refractivity contribution < 1.29 is 0 Å². The Bertz CT molecular complexity index is 301. The summed E-state index contributed by atoms with van der Waals surface area (Å²) in [4.78, 5) is 0. The molecule has 0 spiro atoms. The van der Waals surface area contributed by atoms with Crippen LogP contribution in [0.3, 0.4) is 0 Å². The van der Waals surface area contributed by atoms with Gasteiger partial charge in [0.25, 0.3) is 0 Å². The Kier molecular flexibility index (Phi) is 2.36. The first kappa shape index (κ1) is 8.75. The zero-order valence-corrected chi connectivity index (χ0v) is 8.21. The van der Waals surface area contributed by atoms with Crippen LogP contribution in [-0.2, 0) is 25.9 Å². The van der Waals surface area contributed by atoms with Gasteiger partial charge in [0.15, 0.2) is 0 Å². The van der Waals surface area contributed by atoms with E-state index >= 15 is 0 Å². The number of hydrogen-bond acceptors (Lipinski definition) is 2. The van der Waals surface area contributed by atoms with E-state index in [4.69, 9.17) is 5.73 Å². The Hall–Kier alpha value is -0.830. The Labute approximate surface area is 78.9 Å². The van der Waals surface area contributed by atoms with Crippen LogP contribution in [0, 0.1) is 0 Å². The van der Waals surface area contributed by atoms with Crippen LogP contribution in [0.15, 0.2) is 0 Å². The fourth-order valence-corrected chi connectivity index (χ4v) is 2.15. The summed E-state index contributed by atoms with van der Waals surface area (Å²) in [5, 5.41) is 4.52. The minimum absolute atomic E-state index is 0.593. The third-order valence-corrected chi connectivity index (χ3v) is 2.73. The largest absolute Gasteiger partial charge is 0.325 e. The Balaban J connectivity index is 2.37. The molecule has 0 radical (unpaired) electrons. The lowest BCUT2D eigenvalue weighted by Gasteiger charge is -1.99. The maximum atomic E-state index is 5.67. The average Bonchev–Trinajstić information content (AvgIpc) is 2.67. The summed E-state index contributed by atoms with van der Waals surface area (Å²) >= 11 is 0. The first-order valence-electron chi connectivity index (χ1n) is 5.14. The molecule has 0 unspecified atom stereocenters. The number of hydrogen-bond donors (Lipinski definition) is 1. The summed E-state index contributed by atoms with van der Waals surface area (Å²) in [6, 6.07) is 0. The quantitative estimate of drug-likeness (QED) is 0.758. The smallest absolute Gasteiger partial charge is 0.0795 e. The lowest BCUT2D eigenvalue weighted by molar-refractivity contribution is 0.643. The molecular formula is C10H17N3. The van der Waals surface area contributed by atoms with Crippen LogP contribution < -0.4 is 5.73 Å². The van der Waals surface area contributed by atoms with Crippen molar-refractivity contribution in [3.63, 3.8) is 0 Å². The molecule has 0 aromatic carbocycles. The third kappa shape index (κ3) is 1.37. The third-order valence-electron chi connectivity index (χ3n) is 2.73. The molecule has 3 heteroatoms. The minimum atomic E-state index is 0.593. The molecule has 1 aliphatic heterocycles. The van der Waals surface area contributed by atoms with Crippen LogP contribution in [0.1, 0.15) is 36.7 Å². The Morgan fingerprint density at radius 3 is 3.08 bits per heavy atom. The highest BCUT2D eigenvalue weighted by Crippen LogP contribution is 2.22. The van der Waals surface area contributed by atoms with Gasteiger partial charge < -0.3 is 5.73 Å². The maximum Gasteiger partial charge on any atom is 0.0795 e. The molecule has 1 aliphatic rings. The highest BCUT2D eigenvalue weighted by molar-refractivity contribution is 5.28. The molecule has 1 aromatic heterocycles. The maximum absolute atomic E-state index is 5.67. The van der Waals surface area contributed by atoms with E-state index in [9.17, 15) is 0 Å². The molecule has 0 saturated carbocycles. The van der Waals surface area contributed by atoms with Gasteiger partial charge in [-0.1, -0.05) is 13.3 Å². The van der Waals surface area contributed by atoms with E-state index < -0.39 is 0 Å². The highest BCUT2D eigenvalue weighted by atomic mass is 15.3. The fraction of sp³-hybridized carbons (Fsp3) is 0.700. The van der Waals surface area contributed by atoms with Gasteiger partial charge >= 0.3 is 0 Å². The van der Waals surface area contributed by atoms with E-state index in [1.807, 2.05) is 0 Å². The molecule has 2 rings (SSSR count). The van der Waals surface area contributed by atoms with E-state index in [1.54, 1.807) is 0 Å². The van der Waals surface area contributed by atoms with Crippen molar-refractivity contribution in [2.75, 3.05) is 0 Å². The molecule has 0 saturated heterocycles. The van der Waals surface area contributed by atoms with Gasteiger partial charge in [0.1, 0.15) is 0 Å². The first-order valence-corrected chi connectivity index (χ1v) is 5.14. The predicted octanol–water partition coefficient (Wildman–Crippen LogP) is 1.24. The monoisotopic (exact) mass is 179 g/mol. The first-order chi connectivity index (χ1) is 6.36. The molecule has 3 nitrogen and oxygen atoms in total. The molecule has 72 valence electrons. The van der Waals surface area contributed by atoms with Gasteiger partial charge in [-0.3, -0.25) is 4.68 Å². The van der Waals surface area contributed by atoms with Gasteiger partial charge in [0, 0.05) is 18.8 Å². The highest BCUT2D eigenvalue weighted by Gasteiger charge is 2.19. The summed E-state index contributed by atoms with van der Waals surface area (Å²) < 4.78 is 2.15. The van der Waals surface area contributed by atoms with Crippen molar-refractivity contribution in [3.05, 3.63) is 17.0 Å². The zero-order valence-electron chi connectivity index (χ0n) is 8.21. The van der Waals surface area contributed by atoms with Crippen molar-refractivity contribution in [2.45, 2.75) is 45.7 Å². The lowest BCUT2D eigenvalue weighted by Crippen LogP contribution is -2.02. The van der Waals surface area contributed by atoms with Gasteiger partial charge in [-0.15, -0.1) is 0 Å². The lowest BCUT2D eigenvalue weighted by atomic mass is 10.1. The second kappa shape index (κ2) is 3.50. The zero-order chi connectivity index (χ0) is 9.26. The molecule has 0 aliphatic carbocycles. The van der Waals surface area contributed by atoms with Gasteiger partial charge in [-0.05, 0) is 24.8 Å². The summed E-state index contributed by atoms with van der Waals surface area (Å²) in [7, 11) is 0. The molecule has 0 atom stereocenters. The van der Waals surface area contributed by atoms with E-state index in [1.165, 1.54) is 30.5 Å². The van der Waals surface area contributed by atoms with Crippen LogP contribution in [0.5, 0.6) is 0 Å². The van der Waals surface area contributed by atoms with Gasteiger partial charge in [0.2, 0.25) is 0 Å². The number of nitrogens with two attached hydrogens (primary N) is 1. The molecule has 0 bridgehead atoms. The molecule has 2 heterocycles. The average molecular weight is 179 g/mol. The number of nitrogens with zero attached hydrogens (tertiary/aromatic N) is 2.